The van der Waals surface area contributed by atoms with E-state index < -0.39 is 5.97 Å². The predicted molar refractivity (Wildman–Crippen MR) is 156 cm³/mol. The maximum absolute atomic E-state index is 12.6. The van der Waals surface area contributed by atoms with E-state index in [9.17, 15) is 14.7 Å². The molecule has 1 saturated carbocycles. The standard InChI is InChI=1S/C18H21NO3.C14H11Cl2NO2.K/c1-19-8-7-18-11-4-5-13(20)17(18)22-16-14(21-2)6-3-10(15(16)18)9-12(11)19;15-10-5-3-6-11(16)14(10)17-12-7-2-1-4-9(12)8-13(18)19;/h3,6,11-12,17H,4-5,7-9H2,1-2H3;1-7,17H,8H2,(H,18,19);/q;;+1/p-1/t11-,12+,17-,18-;;/m0../s1. The molecule has 7 rings (SSSR count). The number of ketones is 1. The Bertz CT molecular complexity index is 1510. The van der Waals surface area contributed by atoms with Gasteiger partial charge in [0.1, 0.15) is 0 Å². The number of halogens is 2. The molecule has 3 aromatic rings. The molecule has 1 spiro atoms. The fourth-order valence-electron chi connectivity index (χ4n) is 7.37. The second-order valence-corrected chi connectivity index (χ2v) is 12.0. The molecular weight excluding hydrogens is 602 g/mol. The molecule has 2 fully saturated rings. The van der Waals surface area contributed by atoms with Crippen molar-refractivity contribution < 1.29 is 75.6 Å². The van der Waals surface area contributed by atoms with Gasteiger partial charge < -0.3 is 29.6 Å². The van der Waals surface area contributed by atoms with Gasteiger partial charge in [-0.15, -0.1) is 0 Å². The Morgan fingerprint density at radius 2 is 1.88 bits per heavy atom. The van der Waals surface area contributed by atoms with Gasteiger partial charge in [0.2, 0.25) is 0 Å². The molecule has 4 atom stereocenters. The number of carboxylic acid groups (broad SMARTS) is 1. The van der Waals surface area contributed by atoms with Crippen molar-refractivity contribution in [3.8, 4) is 11.5 Å². The van der Waals surface area contributed by atoms with E-state index in [0.717, 1.165) is 37.3 Å². The largest absolute Gasteiger partial charge is 1.00 e. The Labute approximate surface area is 298 Å². The molecule has 10 heteroatoms. The van der Waals surface area contributed by atoms with Crippen molar-refractivity contribution in [2.45, 2.75) is 49.7 Å². The Balaban J connectivity index is 0.000000166. The van der Waals surface area contributed by atoms with Gasteiger partial charge in [0.15, 0.2) is 23.4 Å². The molecule has 3 aromatic carbocycles. The number of carbonyl (C=O) groups excluding carboxylic acids is 2. The SMILES string of the molecule is COc1ccc2c3c1O[C@H]1C(=O)CC[C@H]4[C@@H](C2)N(C)CC[C@]314.O=C([O-])Cc1ccccc1Nc1c(Cl)cccc1Cl.[K+]. The summed E-state index contributed by atoms with van der Waals surface area (Å²) in [7, 11) is 3.91. The fourth-order valence-corrected chi connectivity index (χ4v) is 7.87. The summed E-state index contributed by atoms with van der Waals surface area (Å²) in [6.45, 7) is 1.05. The van der Waals surface area contributed by atoms with E-state index in [2.05, 4.69) is 23.3 Å². The molecule has 0 aromatic heterocycles. The van der Waals surface area contributed by atoms with Crippen molar-refractivity contribution >= 4 is 46.3 Å². The number of carboxylic acids is 1. The smallest absolute Gasteiger partial charge is 0.550 e. The minimum Gasteiger partial charge on any atom is -0.550 e. The normalized spacial score (nSPS) is 24.8. The van der Waals surface area contributed by atoms with Gasteiger partial charge in [-0.3, -0.25) is 4.79 Å². The summed E-state index contributed by atoms with van der Waals surface area (Å²) in [4.78, 5) is 25.8. The number of benzene rings is 3. The summed E-state index contributed by atoms with van der Waals surface area (Å²) in [5, 5.41) is 14.7. The van der Waals surface area contributed by atoms with Gasteiger partial charge in [-0.1, -0.05) is 53.5 Å². The van der Waals surface area contributed by atoms with Crippen LogP contribution in [-0.2, 0) is 27.8 Å². The molecule has 42 heavy (non-hydrogen) atoms. The van der Waals surface area contributed by atoms with Crippen LogP contribution in [0.1, 0.15) is 36.0 Å². The molecule has 0 unspecified atom stereocenters. The van der Waals surface area contributed by atoms with E-state index in [1.54, 1.807) is 49.6 Å². The average Bonchev–Trinajstić information content (AvgIpc) is 3.30. The first-order valence-corrected chi connectivity index (χ1v) is 14.6. The molecule has 0 amide bonds. The van der Waals surface area contributed by atoms with Crippen molar-refractivity contribution in [3.63, 3.8) is 0 Å². The number of rotatable bonds is 5. The van der Waals surface area contributed by atoms with E-state index in [0.29, 0.717) is 45.4 Å². The number of likely N-dealkylation sites (tertiary alicyclic amines) is 1. The average molecular weight is 634 g/mol. The van der Waals surface area contributed by atoms with E-state index in [4.69, 9.17) is 32.7 Å². The summed E-state index contributed by atoms with van der Waals surface area (Å²) in [6, 6.07) is 16.9. The maximum Gasteiger partial charge on any atom is 1.00 e. The van der Waals surface area contributed by atoms with Crippen LogP contribution < -0.4 is 71.3 Å². The predicted octanol–water partition coefficient (Wildman–Crippen LogP) is 1.97. The zero-order valence-corrected chi connectivity index (χ0v) is 28.6. The monoisotopic (exact) mass is 632 g/mol. The summed E-state index contributed by atoms with van der Waals surface area (Å²) < 4.78 is 11.8. The minimum absolute atomic E-state index is 0. The third-order valence-electron chi connectivity index (χ3n) is 9.17. The van der Waals surface area contributed by atoms with Gasteiger partial charge in [-0.05, 0) is 74.2 Å². The molecule has 214 valence electrons. The van der Waals surface area contributed by atoms with Gasteiger partial charge in [-0.2, -0.15) is 0 Å². The number of aliphatic carboxylic acids is 1. The van der Waals surface area contributed by atoms with Gasteiger partial charge in [0.25, 0.3) is 0 Å². The zero-order chi connectivity index (χ0) is 28.9. The van der Waals surface area contributed by atoms with E-state index in [1.807, 2.05) is 6.07 Å². The van der Waals surface area contributed by atoms with Crippen molar-refractivity contribution in [2.75, 3.05) is 26.0 Å². The topological polar surface area (TPSA) is 90.9 Å². The van der Waals surface area contributed by atoms with Crippen LogP contribution in [0, 0.1) is 5.92 Å². The van der Waals surface area contributed by atoms with Crippen LogP contribution in [-0.4, -0.2) is 49.5 Å². The van der Waals surface area contributed by atoms with Crippen LogP contribution in [0.25, 0.3) is 0 Å². The first-order chi connectivity index (χ1) is 19.7. The van der Waals surface area contributed by atoms with Gasteiger partial charge >= 0.3 is 51.4 Å². The number of piperidine rings is 1. The number of hydrogen-bond donors (Lipinski definition) is 1. The number of nitrogens with zero attached hydrogens (tertiary/aromatic N) is 1. The Morgan fingerprint density at radius 3 is 2.60 bits per heavy atom. The molecule has 7 nitrogen and oxygen atoms in total. The zero-order valence-electron chi connectivity index (χ0n) is 23.9. The number of Topliss-reactive ketones (excluding diaryl/α,β-unsaturated/α-hetero) is 1. The number of nitrogens with one attached hydrogen (secondary N) is 1. The van der Waals surface area contributed by atoms with Crippen molar-refractivity contribution in [3.05, 3.63) is 81.3 Å². The number of hydrogen-bond acceptors (Lipinski definition) is 7. The molecule has 2 bridgehead atoms. The van der Waals surface area contributed by atoms with Crippen molar-refractivity contribution in [1.82, 2.24) is 4.90 Å². The number of methoxy groups -OCH3 is 1. The van der Waals surface area contributed by atoms with Crippen LogP contribution in [0.3, 0.4) is 0 Å². The van der Waals surface area contributed by atoms with Gasteiger partial charge in [0.05, 0.1) is 22.8 Å². The van der Waals surface area contributed by atoms with E-state index in [1.165, 1.54) is 11.1 Å². The molecule has 2 heterocycles. The van der Waals surface area contributed by atoms with Crippen LogP contribution in [0.4, 0.5) is 11.4 Å². The van der Waals surface area contributed by atoms with Crippen LogP contribution in [0.15, 0.2) is 54.6 Å². The Morgan fingerprint density at radius 1 is 1.14 bits per heavy atom. The van der Waals surface area contributed by atoms with Crippen molar-refractivity contribution in [2.24, 2.45) is 5.92 Å². The van der Waals surface area contributed by atoms with Crippen LogP contribution in [0.5, 0.6) is 11.5 Å². The molecule has 1 saturated heterocycles. The third-order valence-corrected chi connectivity index (χ3v) is 9.80. The second-order valence-electron chi connectivity index (χ2n) is 11.2. The van der Waals surface area contributed by atoms with E-state index >= 15 is 0 Å². The third kappa shape index (κ3) is 5.43. The van der Waals surface area contributed by atoms with E-state index in [-0.39, 0.29) is 75.1 Å². The first kappa shape index (κ1) is 31.8. The number of para-hydroxylation sites is 2. The quantitative estimate of drug-likeness (QED) is 0.430. The molecule has 2 aliphatic carbocycles. The van der Waals surface area contributed by atoms with Crippen LogP contribution in [0.2, 0.25) is 10.0 Å². The number of carbonyl (C=O) groups is 2. The first-order valence-electron chi connectivity index (χ1n) is 13.8. The summed E-state index contributed by atoms with van der Waals surface area (Å²) in [5.41, 5.74) is 4.38. The minimum atomic E-state index is -1.14. The Kier molecular flexibility index (Phi) is 9.67. The molecule has 4 aliphatic rings. The maximum atomic E-state index is 12.6. The number of ether oxygens (including phenoxy) is 2. The fraction of sp³-hybridized carbons (Fsp3) is 0.375. The molecular formula is C32H31Cl2KN2O5. The molecule has 2 aliphatic heterocycles. The van der Waals surface area contributed by atoms with Crippen molar-refractivity contribution in [1.29, 1.82) is 0 Å². The van der Waals surface area contributed by atoms with Gasteiger partial charge in [-0.25, -0.2) is 0 Å². The van der Waals surface area contributed by atoms with Crippen LogP contribution >= 0.6 is 23.2 Å². The van der Waals surface area contributed by atoms with Gasteiger partial charge in [0, 0.05) is 41.5 Å². The number of anilines is 2. The summed E-state index contributed by atoms with van der Waals surface area (Å²) >= 11 is 12.1. The second kappa shape index (κ2) is 12.8. The summed E-state index contributed by atoms with van der Waals surface area (Å²) in [6.07, 6.45) is 3.29. The molecule has 1 N–H and O–H groups in total. The number of likely N-dealkylation sites (N-methyl/N-ethyl adjacent to an activating group) is 1. The molecule has 0 radical (unpaired) electrons. The summed E-state index contributed by atoms with van der Waals surface area (Å²) in [5.74, 6) is 1.32. The Hall–Kier alpha value is -1.62.